The van der Waals surface area contributed by atoms with Gasteiger partial charge in [0.15, 0.2) is 0 Å². The second-order valence-corrected chi connectivity index (χ2v) is 7.86. The first-order valence-electron chi connectivity index (χ1n) is 9.87. The quantitative estimate of drug-likeness (QED) is 0.429. The fourth-order valence-electron chi connectivity index (χ4n) is 3.11. The monoisotopic (exact) mass is 468 g/mol. The normalized spacial score (nSPS) is 11.7. The Morgan fingerprint density at radius 2 is 1.83 bits per heavy atom. The van der Waals surface area contributed by atoms with Crippen molar-refractivity contribution in [2.24, 2.45) is 0 Å². The Balaban J connectivity index is 1.68. The van der Waals surface area contributed by atoms with Crippen molar-refractivity contribution in [3.05, 3.63) is 82.1 Å². The summed E-state index contributed by atoms with van der Waals surface area (Å²) in [5.74, 6) is 1.15. The van der Waals surface area contributed by atoms with Crippen LogP contribution in [0, 0.1) is 6.92 Å². The van der Waals surface area contributed by atoms with Crippen LogP contribution >= 0.6 is 15.9 Å². The van der Waals surface area contributed by atoms with E-state index in [-0.39, 0.29) is 12.0 Å². The third-order valence-corrected chi connectivity index (χ3v) is 4.95. The lowest BCUT2D eigenvalue weighted by Crippen LogP contribution is -2.16. The molecule has 0 radical (unpaired) electrons. The zero-order valence-electron chi connectivity index (χ0n) is 17.3. The molecule has 0 aliphatic carbocycles. The number of amides is 1. The van der Waals surface area contributed by atoms with Gasteiger partial charge in [0.2, 0.25) is 0 Å². The molecule has 0 aliphatic rings. The largest absolute Gasteiger partial charge is 0.457 e. The van der Waals surface area contributed by atoms with E-state index >= 15 is 0 Å². The summed E-state index contributed by atoms with van der Waals surface area (Å²) in [6.07, 6.45) is 0.806. The van der Waals surface area contributed by atoms with E-state index in [1.165, 1.54) is 0 Å². The molecule has 1 N–H and O–H groups in total. The second kappa shape index (κ2) is 10.4. The van der Waals surface area contributed by atoms with Gasteiger partial charge in [-0.15, -0.1) is 0 Å². The van der Waals surface area contributed by atoms with Crippen LogP contribution < -0.4 is 10.1 Å². The van der Waals surface area contributed by atoms with Crippen LogP contribution in [0.5, 0.6) is 11.5 Å². The lowest BCUT2D eigenvalue weighted by atomic mass is 10.1. The number of nitrogens with one attached hydrogen (secondary N) is 1. The lowest BCUT2D eigenvalue weighted by molar-refractivity contribution is 0.0761. The van der Waals surface area contributed by atoms with E-state index in [0.29, 0.717) is 41.5 Å². The van der Waals surface area contributed by atoms with Gasteiger partial charge in [0.25, 0.3) is 5.91 Å². The zero-order valence-corrected chi connectivity index (χ0v) is 18.9. The number of pyridine rings is 1. The standard InChI is InChI=1S/C24H25BrN2O3/c1-4-29-16(2)13-20-11-12-23(17(3)26-20)24(28)27-19-8-6-10-22(15-19)30-21-9-5-7-18(25)14-21/h5-12,14-16H,4,13H2,1-3H3,(H,27,28). The summed E-state index contributed by atoms with van der Waals surface area (Å²) >= 11 is 3.43. The molecule has 0 saturated carbocycles. The van der Waals surface area contributed by atoms with Crippen LogP contribution in [0.2, 0.25) is 0 Å². The first-order chi connectivity index (χ1) is 14.4. The number of ether oxygens (including phenoxy) is 2. The third kappa shape index (κ3) is 6.15. The van der Waals surface area contributed by atoms with Crippen molar-refractivity contribution in [2.45, 2.75) is 33.3 Å². The number of hydrogen-bond donors (Lipinski definition) is 1. The van der Waals surface area contributed by atoms with Gasteiger partial charge < -0.3 is 14.8 Å². The number of anilines is 1. The van der Waals surface area contributed by atoms with Crippen LogP contribution in [0.1, 0.15) is 35.6 Å². The Bertz CT molecular complexity index is 1020. The van der Waals surface area contributed by atoms with Crippen LogP contribution in [0.15, 0.2) is 65.1 Å². The van der Waals surface area contributed by atoms with Crippen LogP contribution in [-0.4, -0.2) is 23.6 Å². The minimum Gasteiger partial charge on any atom is -0.457 e. The van der Waals surface area contributed by atoms with Crippen molar-refractivity contribution in [1.82, 2.24) is 4.98 Å². The molecule has 30 heavy (non-hydrogen) atoms. The molecule has 0 saturated heterocycles. The van der Waals surface area contributed by atoms with E-state index in [1.807, 2.05) is 75.4 Å². The fourth-order valence-corrected chi connectivity index (χ4v) is 3.49. The van der Waals surface area contributed by atoms with E-state index in [0.717, 1.165) is 10.2 Å². The van der Waals surface area contributed by atoms with E-state index < -0.39 is 0 Å². The van der Waals surface area contributed by atoms with Gasteiger partial charge in [-0.2, -0.15) is 0 Å². The molecule has 0 fully saturated rings. The predicted octanol–water partition coefficient (Wildman–Crippen LogP) is 6.16. The predicted molar refractivity (Wildman–Crippen MR) is 122 cm³/mol. The number of aromatic nitrogens is 1. The van der Waals surface area contributed by atoms with Gasteiger partial charge in [0.1, 0.15) is 11.5 Å². The highest BCUT2D eigenvalue weighted by molar-refractivity contribution is 9.10. The molecule has 0 spiro atoms. The Morgan fingerprint density at radius 1 is 1.10 bits per heavy atom. The number of aryl methyl sites for hydroxylation is 1. The number of carbonyl (C=O) groups excluding carboxylic acids is 1. The third-order valence-electron chi connectivity index (χ3n) is 4.46. The highest BCUT2D eigenvalue weighted by atomic mass is 79.9. The summed E-state index contributed by atoms with van der Waals surface area (Å²) in [4.78, 5) is 17.3. The second-order valence-electron chi connectivity index (χ2n) is 6.95. The fraction of sp³-hybridized carbons (Fsp3) is 0.250. The van der Waals surface area contributed by atoms with Gasteiger partial charge in [-0.1, -0.05) is 28.1 Å². The van der Waals surface area contributed by atoms with Crippen molar-refractivity contribution in [2.75, 3.05) is 11.9 Å². The van der Waals surface area contributed by atoms with Crippen molar-refractivity contribution < 1.29 is 14.3 Å². The highest BCUT2D eigenvalue weighted by Crippen LogP contribution is 2.26. The maximum absolute atomic E-state index is 12.8. The van der Waals surface area contributed by atoms with E-state index in [2.05, 4.69) is 26.2 Å². The minimum absolute atomic E-state index is 0.0922. The molecule has 1 unspecified atom stereocenters. The molecule has 1 amide bonds. The van der Waals surface area contributed by atoms with Gasteiger partial charge in [-0.05, 0) is 63.2 Å². The molecule has 0 bridgehead atoms. The summed E-state index contributed by atoms with van der Waals surface area (Å²) in [5.41, 5.74) is 2.80. The number of hydrogen-bond acceptors (Lipinski definition) is 4. The summed E-state index contributed by atoms with van der Waals surface area (Å²) in [6.45, 7) is 6.51. The molecule has 0 aliphatic heterocycles. The van der Waals surface area contributed by atoms with E-state index in [9.17, 15) is 4.79 Å². The van der Waals surface area contributed by atoms with Gasteiger partial charge in [0.05, 0.1) is 17.4 Å². The van der Waals surface area contributed by atoms with Crippen molar-refractivity contribution in [3.8, 4) is 11.5 Å². The molecule has 2 aromatic carbocycles. The number of rotatable bonds is 8. The van der Waals surface area contributed by atoms with Crippen LogP contribution in [0.3, 0.4) is 0 Å². The lowest BCUT2D eigenvalue weighted by Gasteiger charge is -2.13. The number of benzene rings is 2. The Kier molecular flexibility index (Phi) is 7.60. The molecule has 1 atom stereocenters. The molecule has 6 heteroatoms. The smallest absolute Gasteiger partial charge is 0.257 e. The topological polar surface area (TPSA) is 60.5 Å². The Hall–Kier alpha value is -2.70. The summed E-state index contributed by atoms with van der Waals surface area (Å²) < 4.78 is 12.4. The van der Waals surface area contributed by atoms with Gasteiger partial charge in [0, 0.05) is 34.9 Å². The first kappa shape index (κ1) is 22.0. The van der Waals surface area contributed by atoms with Crippen LogP contribution in [-0.2, 0) is 11.2 Å². The molecular weight excluding hydrogens is 444 g/mol. The van der Waals surface area contributed by atoms with Crippen LogP contribution in [0.25, 0.3) is 0 Å². The summed E-state index contributed by atoms with van der Waals surface area (Å²) in [5, 5.41) is 2.92. The maximum Gasteiger partial charge on any atom is 0.257 e. The molecule has 1 heterocycles. The molecule has 3 rings (SSSR count). The number of halogens is 1. The molecule has 156 valence electrons. The number of nitrogens with zero attached hydrogens (tertiary/aromatic N) is 1. The van der Waals surface area contributed by atoms with E-state index in [1.54, 1.807) is 6.07 Å². The van der Waals surface area contributed by atoms with Crippen LogP contribution in [0.4, 0.5) is 5.69 Å². The van der Waals surface area contributed by atoms with Gasteiger partial charge in [-0.3, -0.25) is 9.78 Å². The molecule has 3 aromatic rings. The summed E-state index contributed by atoms with van der Waals surface area (Å²) in [7, 11) is 0. The van der Waals surface area contributed by atoms with Crippen molar-refractivity contribution >= 4 is 27.5 Å². The molecular formula is C24H25BrN2O3. The zero-order chi connectivity index (χ0) is 21.5. The molecule has 5 nitrogen and oxygen atoms in total. The van der Waals surface area contributed by atoms with E-state index in [4.69, 9.17) is 9.47 Å². The first-order valence-corrected chi connectivity index (χ1v) is 10.7. The maximum atomic E-state index is 12.8. The summed E-state index contributed by atoms with van der Waals surface area (Å²) in [6, 6.07) is 18.6. The van der Waals surface area contributed by atoms with Gasteiger partial charge >= 0.3 is 0 Å². The van der Waals surface area contributed by atoms with Crippen molar-refractivity contribution in [1.29, 1.82) is 0 Å². The average molecular weight is 469 g/mol. The average Bonchev–Trinajstić information content (AvgIpc) is 2.68. The minimum atomic E-state index is -0.205. The van der Waals surface area contributed by atoms with Gasteiger partial charge in [-0.25, -0.2) is 0 Å². The Morgan fingerprint density at radius 3 is 2.53 bits per heavy atom. The number of carbonyl (C=O) groups is 1. The highest BCUT2D eigenvalue weighted by Gasteiger charge is 2.13. The molecule has 1 aromatic heterocycles. The van der Waals surface area contributed by atoms with Crippen molar-refractivity contribution in [3.63, 3.8) is 0 Å². The SMILES string of the molecule is CCOC(C)Cc1ccc(C(=O)Nc2cccc(Oc3cccc(Br)c3)c2)c(C)n1. The Labute approximate surface area is 185 Å².